The summed E-state index contributed by atoms with van der Waals surface area (Å²) in [6, 6.07) is 2.56. The molecule has 2 nitrogen and oxygen atoms in total. The van der Waals surface area contributed by atoms with Gasteiger partial charge in [0.2, 0.25) is 0 Å². The highest BCUT2D eigenvalue weighted by atomic mass is 15.0. The summed E-state index contributed by atoms with van der Waals surface area (Å²) in [7, 11) is 0. The minimum absolute atomic E-state index is 0.221. The smallest absolute Gasteiger partial charge is 0.110 e. The lowest BCUT2D eigenvalue weighted by atomic mass is 9.62. The molecule has 0 aromatic heterocycles. The maximum atomic E-state index is 9.49. The Labute approximate surface area is 94.1 Å². The van der Waals surface area contributed by atoms with Gasteiger partial charge < -0.3 is 0 Å². The highest BCUT2D eigenvalue weighted by Gasteiger charge is 2.45. The molecule has 2 unspecified atom stereocenters. The maximum Gasteiger partial charge on any atom is 0.110 e. The third-order valence-corrected chi connectivity index (χ3v) is 3.65. The maximum absolute atomic E-state index is 9.49. The molecule has 0 amide bonds. The van der Waals surface area contributed by atoms with Gasteiger partial charge in [0, 0.05) is 0 Å². The van der Waals surface area contributed by atoms with E-state index in [1.165, 1.54) is 19.3 Å². The lowest BCUT2D eigenvalue weighted by Gasteiger charge is -2.46. The fourth-order valence-corrected chi connectivity index (χ4v) is 3.05. The van der Waals surface area contributed by atoms with Crippen molar-refractivity contribution in [2.24, 2.45) is 11.3 Å². The van der Waals surface area contributed by atoms with Crippen LogP contribution in [0.4, 0.5) is 0 Å². The zero-order valence-electron chi connectivity index (χ0n) is 10.6. The molecule has 0 aromatic rings. The van der Waals surface area contributed by atoms with Gasteiger partial charge in [-0.25, -0.2) is 0 Å². The molecular weight excluding hydrogens is 184 g/mol. The summed E-state index contributed by atoms with van der Waals surface area (Å²) >= 11 is 0. The Hall–Kier alpha value is -0.550. The van der Waals surface area contributed by atoms with Crippen LogP contribution in [0.15, 0.2) is 0 Å². The van der Waals surface area contributed by atoms with E-state index in [4.69, 9.17) is 0 Å². The van der Waals surface area contributed by atoms with Crippen LogP contribution in [0.2, 0.25) is 0 Å². The van der Waals surface area contributed by atoms with Crippen molar-refractivity contribution in [2.75, 3.05) is 6.54 Å². The molecule has 1 N–H and O–H groups in total. The zero-order valence-corrected chi connectivity index (χ0v) is 10.6. The molecule has 2 heteroatoms. The van der Waals surface area contributed by atoms with E-state index in [1.807, 2.05) is 0 Å². The van der Waals surface area contributed by atoms with Gasteiger partial charge in [0.05, 0.1) is 6.07 Å². The molecule has 0 bridgehead atoms. The van der Waals surface area contributed by atoms with Crippen LogP contribution in [-0.4, -0.2) is 12.1 Å². The standard InChI is InChI=1S/C13H24N2/c1-5-15-13(10-14)9-7-6-8-11(13)12(2,3)4/h11,15H,5-9H2,1-4H3. The van der Waals surface area contributed by atoms with Crippen molar-refractivity contribution in [3.05, 3.63) is 0 Å². The van der Waals surface area contributed by atoms with Gasteiger partial charge in [0.15, 0.2) is 0 Å². The second-order valence-corrected chi connectivity index (χ2v) is 5.78. The predicted octanol–water partition coefficient (Wildman–Crippen LogP) is 3.09. The van der Waals surface area contributed by atoms with E-state index in [0.29, 0.717) is 5.92 Å². The van der Waals surface area contributed by atoms with E-state index in [9.17, 15) is 5.26 Å². The van der Waals surface area contributed by atoms with Gasteiger partial charge in [0.25, 0.3) is 0 Å². The number of nitrogens with one attached hydrogen (secondary N) is 1. The number of nitrogens with zero attached hydrogens (tertiary/aromatic N) is 1. The van der Waals surface area contributed by atoms with Crippen LogP contribution in [0, 0.1) is 22.7 Å². The Balaban J connectivity index is 2.94. The Morgan fingerprint density at radius 2 is 2.07 bits per heavy atom. The SMILES string of the molecule is CCNC1(C#N)CCCCC1C(C)(C)C. The Kier molecular flexibility index (Phi) is 3.78. The number of hydrogen-bond donors (Lipinski definition) is 1. The minimum atomic E-state index is -0.273. The third-order valence-electron chi connectivity index (χ3n) is 3.65. The molecule has 15 heavy (non-hydrogen) atoms. The molecular formula is C13H24N2. The van der Waals surface area contributed by atoms with E-state index < -0.39 is 0 Å². The molecule has 1 aliphatic rings. The number of hydrogen-bond acceptors (Lipinski definition) is 2. The molecule has 0 heterocycles. The summed E-state index contributed by atoms with van der Waals surface area (Å²) in [6.45, 7) is 9.75. The van der Waals surface area contributed by atoms with E-state index in [0.717, 1.165) is 13.0 Å². The van der Waals surface area contributed by atoms with Crippen LogP contribution in [0.1, 0.15) is 53.4 Å². The van der Waals surface area contributed by atoms with Crippen molar-refractivity contribution in [3.63, 3.8) is 0 Å². The van der Waals surface area contributed by atoms with E-state index in [2.05, 4.69) is 39.1 Å². The summed E-state index contributed by atoms with van der Waals surface area (Å²) in [5.74, 6) is 0.476. The Morgan fingerprint density at radius 3 is 2.53 bits per heavy atom. The van der Waals surface area contributed by atoms with Gasteiger partial charge in [-0.3, -0.25) is 5.32 Å². The van der Waals surface area contributed by atoms with Crippen LogP contribution in [0.5, 0.6) is 0 Å². The molecule has 0 radical (unpaired) electrons. The first-order valence-corrected chi connectivity index (χ1v) is 6.12. The van der Waals surface area contributed by atoms with Crippen LogP contribution in [0.25, 0.3) is 0 Å². The highest BCUT2D eigenvalue weighted by molar-refractivity contribution is 5.14. The van der Waals surface area contributed by atoms with Crippen LogP contribution < -0.4 is 5.32 Å². The Bertz CT molecular complexity index is 242. The van der Waals surface area contributed by atoms with Crippen LogP contribution in [-0.2, 0) is 0 Å². The molecule has 1 fully saturated rings. The summed E-state index contributed by atoms with van der Waals surface area (Å²) in [4.78, 5) is 0. The molecule has 0 aromatic carbocycles. The lowest BCUT2D eigenvalue weighted by Crippen LogP contribution is -2.55. The third kappa shape index (κ3) is 2.52. The largest absolute Gasteiger partial charge is 0.299 e. The summed E-state index contributed by atoms with van der Waals surface area (Å²) in [5, 5.41) is 12.9. The first-order chi connectivity index (χ1) is 6.96. The highest BCUT2D eigenvalue weighted by Crippen LogP contribution is 2.43. The van der Waals surface area contributed by atoms with Crippen molar-refractivity contribution in [2.45, 2.75) is 58.9 Å². The fraction of sp³-hybridized carbons (Fsp3) is 0.923. The molecule has 1 rings (SSSR count). The average molecular weight is 208 g/mol. The second-order valence-electron chi connectivity index (χ2n) is 5.78. The van der Waals surface area contributed by atoms with Gasteiger partial charge in [-0.1, -0.05) is 40.5 Å². The molecule has 0 aliphatic heterocycles. The molecule has 0 spiro atoms. The van der Waals surface area contributed by atoms with Crippen LogP contribution >= 0.6 is 0 Å². The van der Waals surface area contributed by atoms with Gasteiger partial charge in [-0.15, -0.1) is 0 Å². The van der Waals surface area contributed by atoms with Gasteiger partial charge in [0.1, 0.15) is 5.54 Å². The van der Waals surface area contributed by atoms with E-state index >= 15 is 0 Å². The fourth-order valence-electron chi connectivity index (χ4n) is 3.05. The first kappa shape index (κ1) is 12.5. The summed E-state index contributed by atoms with van der Waals surface area (Å²) < 4.78 is 0. The van der Waals surface area contributed by atoms with Crippen molar-refractivity contribution >= 4 is 0 Å². The molecule has 0 saturated heterocycles. The van der Waals surface area contributed by atoms with Crippen molar-refractivity contribution < 1.29 is 0 Å². The van der Waals surface area contributed by atoms with Gasteiger partial charge >= 0.3 is 0 Å². The van der Waals surface area contributed by atoms with Crippen molar-refractivity contribution in [1.29, 1.82) is 5.26 Å². The van der Waals surface area contributed by atoms with Gasteiger partial charge in [-0.05, 0) is 30.7 Å². The van der Waals surface area contributed by atoms with E-state index in [1.54, 1.807) is 0 Å². The molecule has 1 saturated carbocycles. The van der Waals surface area contributed by atoms with Crippen molar-refractivity contribution in [3.8, 4) is 6.07 Å². The number of rotatable bonds is 2. The zero-order chi connectivity index (χ0) is 11.5. The van der Waals surface area contributed by atoms with Crippen molar-refractivity contribution in [1.82, 2.24) is 5.32 Å². The predicted molar refractivity (Wildman–Crippen MR) is 63.4 cm³/mol. The second kappa shape index (κ2) is 4.53. The summed E-state index contributed by atoms with van der Waals surface area (Å²) in [5.41, 5.74) is -0.0520. The normalized spacial score (nSPS) is 32.3. The molecule has 86 valence electrons. The van der Waals surface area contributed by atoms with Crippen LogP contribution in [0.3, 0.4) is 0 Å². The average Bonchev–Trinajstić information content (AvgIpc) is 2.17. The van der Waals surface area contributed by atoms with Gasteiger partial charge in [-0.2, -0.15) is 5.26 Å². The quantitative estimate of drug-likeness (QED) is 0.757. The Morgan fingerprint density at radius 1 is 1.40 bits per heavy atom. The first-order valence-electron chi connectivity index (χ1n) is 6.12. The minimum Gasteiger partial charge on any atom is -0.299 e. The molecule has 2 atom stereocenters. The monoisotopic (exact) mass is 208 g/mol. The molecule has 1 aliphatic carbocycles. The van der Waals surface area contributed by atoms with E-state index in [-0.39, 0.29) is 11.0 Å². The topological polar surface area (TPSA) is 35.8 Å². The summed E-state index contributed by atoms with van der Waals surface area (Å²) in [6.07, 6.45) is 4.66. The lowest BCUT2D eigenvalue weighted by molar-refractivity contribution is 0.0894. The number of nitriles is 1.